The van der Waals surface area contributed by atoms with E-state index in [4.69, 9.17) is 9.47 Å². The highest BCUT2D eigenvalue weighted by atomic mass is 32.2. The van der Waals surface area contributed by atoms with Crippen LogP contribution < -0.4 is 4.31 Å². The van der Waals surface area contributed by atoms with Crippen LogP contribution >= 0.6 is 0 Å². The molecule has 7 nitrogen and oxygen atoms in total. The van der Waals surface area contributed by atoms with E-state index in [9.17, 15) is 17.6 Å². The maximum atomic E-state index is 13.9. The summed E-state index contributed by atoms with van der Waals surface area (Å²) >= 11 is 0. The zero-order valence-electron chi connectivity index (χ0n) is 17.9. The van der Waals surface area contributed by atoms with Gasteiger partial charge in [-0.25, -0.2) is 17.6 Å². The number of amides is 1. The van der Waals surface area contributed by atoms with E-state index in [0.717, 1.165) is 11.0 Å². The van der Waals surface area contributed by atoms with Crippen molar-refractivity contribution in [2.75, 3.05) is 24.6 Å². The summed E-state index contributed by atoms with van der Waals surface area (Å²) in [6.07, 6.45) is 3.47. The lowest BCUT2D eigenvalue weighted by Gasteiger charge is -2.47. The molecule has 1 fully saturated rings. The number of hydrogen-bond donors (Lipinski definition) is 0. The van der Waals surface area contributed by atoms with Crippen molar-refractivity contribution in [2.24, 2.45) is 0 Å². The van der Waals surface area contributed by atoms with E-state index in [1.165, 1.54) is 29.6 Å². The molecular formula is C22H27FN2O5S. The molecule has 2 aliphatic heterocycles. The summed E-state index contributed by atoms with van der Waals surface area (Å²) in [5, 5.41) is 1.09. The monoisotopic (exact) mass is 450 g/mol. The maximum absolute atomic E-state index is 13.9. The van der Waals surface area contributed by atoms with Crippen molar-refractivity contribution < 1.29 is 27.1 Å². The highest BCUT2D eigenvalue weighted by Crippen LogP contribution is 2.47. The van der Waals surface area contributed by atoms with E-state index >= 15 is 0 Å². The minimum absolute atomic E-state index is 0.145. The smallest absolute Gasteiger partial charge is 0.410 e. The first-order valence-electron chi connectivity index (χ1n) is 9.93. The zero-order valence-corrected chi connectivity index (χ0v) is 18.7. The minimum atomic E-state index is -3.89. The number of halogens is 1. The van der Waals surface area contributed by atoms with Gasteiger partial charge in [0.25, 0.3) is 10.0 Å². The third kappa shape index (κ3) is 4.32. The normalized spacial score (nSPS) is 25.4. The van der Waals surface area contributed by atoms with E-state index in [-0.39, 0.29) is 43.5 Å². The van der Waals surface area contributed by atoms with Gasteiger partial charge in [-0.1, -0.05) is 24.8 Å². The largest absolute Gasteiger partial charge is 0.498 e. The molecule has 1 spiro atoms. The first-order chi connectivity index (χ1) is 14.6. The Bertz CT molecular complexity index is 1040. The lowest BCUT2D eigenvalue weighted by Crippen LogP contribution is -2.59. The van der Waals surface area contributed by atoms with Gasteiger partial charge in [-0.2, -0.15) is 0 Å². The Morgan fingerprint density at radius 2 is 2.16 bits per heavy atom. The van der Waals surface area contributed by atoms with E-state index in [1.807, 2.05) is 13.8 Å². The molecule has 2 unspecified atom stereocenters. The summed E-state index contributed by atoms with van der Waals surface area (Å²) in [6.45, 7) is 7.68. The van der Waals surface area contributed by atoms with Gasteiger partial charge >= 0.3 is 6.09 Å². The van der Waals surface area contributed by atoms with Crippen molar-refractivity contribution >= 4 is 21.8 Å². The fourth-order valence-corrected chi connectivity index (χ4v) is 6.13. The number of nitrogens with zero attached hydrogens (tertiary/aromatic N) is 2. The quantitative estimate of drug-likeness (QED) is 0.635. The number of hydrogen-bond acceptors (Lipinski definition) is 5. The van der Waals surface area contributed by atoms with E-state index in [1.54, 1.807) is 23.1 Å². The van der Waals surface area contributed by atoms with Crippen LogP contribution in [0.1, 0.15) is 26.7 Å². The molecule has 2 heterocycles. The number of allylic oxidation sites excluding steroid dienone is 2. The number of methoxy groups -OCH3 is 1. The number of sulfonamides is 1. The Morgan fingerprint density at radius 3 is 2.77 bits per heavy atom. The Hall–Kier alpha value is -2.81. The molecule has 2 atom stereocenters. The molecule has 9 heteroatoms. The fourth-order valence-electron chi connectivity index (χ4n) is 4.29. The second-order valence-electron chi connectivity index (χ2n) is 7.81. The zero-order chi connectivity index (χ0) is 22.8. The maximum Gasteiger partial charge on any atom is 0.410 e. The van der Waals surface area contributed by atoms with Crippen molar-refractivity contribution in [1.82, 2.24) is 4.90 Å². The van der Waals surface area contributed by atoms with Crippen LogP contribution in [0.15, 0.2) is 59.7 Å². The van der Waals surface area contributed by atoms with Gasteiger partial charge in [0, 0.05) is 12.6 Å². The van der Waals surface area contributed by atoms with Crippen LogP contribution in [-0.4, -0.2) is 51.3 Å². The van der Waals surface area contributed by atoms with Crippen LogP contribution in [0.25, 0.3) is 0 Å². The second-order valence-corrected chi connectivity index (χ2v) is 9.44. The molecule has 31 heavy (non-hydrogen) atoms. The minimum Gasteiger partial charge on any atom is -0.498 e. The molecule has 1 aromatic rings. The number of carbonyl (C=O) groups excluding carboxylic acids is 1. The Kier molecular flexibility index (Phi) is 6.45. The molecule has 2 aliphatic rings. The molecule has 1 saturated heterocycles. The molecular weight excluding hydrogens is 423 g/mol. The molecule has 0 saturated carbocycles. The molecule has 0 aliphatic carbocycles. The van der Waals surface area contributed by atoms with Crippen LogP contribution in [0.4, 0.5) is 14.9 Å². The Morgan fingerprint density at radius 1 is 1.42 bits per heavy atom. The van der Waals surface area contributed by atoms with Crippen molar-refractivity contribution in [3.8, 4) is 0 Å². The van der Waals surface area contributed by atoms with Crippen LogP contribution in [0, 0.1) is 5.82 Å². The summed E-state index contributed by atoms with van der Waals surface area (Å²) in [7, 11) is -2.47. The van der Waals surface area contributed by atoms with Crippen LogP contribution in [0.2, 0.25) is 0 Å². The van der Waals surface area contributed by atoms with Crippen LogP contribution in [-0.2, 0) is 19.5 Å². The van der Waals surface area contributed by atoms with E-state index in [2.05, 4.69) is 6.58 Å². The topological polar surface area (TPSA) is 76.1 Å². The first kappa shape index (κ1) is 22.9. The van der Waals surface area contributed by atoms with Crippen molar-refractivity contribution in [2.45, 2.75) is 38.3 Å². The Balaban J connectivity index is 1.88. The highest BCUT2D eigenvalue weighted by molar-refractivity contribution is 7.96. The van der Waals surface area contributed by atoms with Gasteiger partial charge in [-0.15, -0.1) is 0 Å². The van der Waals surface area contributed by atoms with E-state index in [0.29, 0.717) is 0 Å². The standard InChI is InChI=1S/C22H27FN2O5S/c1-5-7-16(2)14-30-21(26)24-11-10-22(13-17(24)3)20(29-4)15-31(27,28)25(22)19-9-6-8-18(23)12-19/h5-9,12,15,17H,1,10-11,13-14H2,2-4H3. The second kappa shape index (κ2) is 8.74. The molecule has 1 aromatic carbocycles. The lowest BCUT2D eigenvalue weighted by atomic mass is 9.82. The Labute approximate surface area is 182 Å². The third-order valence-electron chi connectivity index (χ3n) is 5.61. The lowest BCUT2D eigenvalue weighted by molar-refractivity contribution is 0.0623. The molecule has 168 valence electrons. The van der Waals surface area contributed by atoms with Crippen LogP contribution in [0.3, 0.4) is 0 Å². The molecule has 0 N–H and O–H groups in total. The summed E-state index contributed by atoms with van der Waals surface area (Å²) in [4.78, 5) is 14.2. The summed E-state index contributed by atoms with van der Waals surface area (Å²) in [5.74, 6) is -0.257. The van der Waals surface area contributed by atoms with Gasteiger partial charge in [0.2, 0.25) is 0 Å². The third-order valence-corrected chi connectivity index (χ3v) is 7.19. The molecule has 0 aromatic heterocycles. The average Bonchev–Trinajstić information content (AvgIpc) is 2.92. The number of anilines is 1. The SMILES string of the molecule is C=CC=C(C)COC(=O)N1CCC2(CC1C)C(OC)=CS(=O)(=O)N2c1cccc(F)c1. The summed E-state index contributed by atoms with van der Waals surface area (Å²) in [6, 6.07) is 5.12. The molecule has 3 rings (SSSR count). The van der Waals surface area contributed by atoms with Crippen LogP contribution in [0.5, 0.6) is 0 Å². The number of benzene rings is 1. The average molecular weight is 451 g/mol. The summed E-state index contributed by atoms with van der Waals surface area (Å²) in [5.41, 5.74) is 0.0286. The van der Waals surface area contributed by atoms with Gasteiger partial charge in [-0.05, 0) is 50.5 Å². The van der Waals surface area contributed by atoms with Gasteiger partial charge in [0.15, 0.2) is 0 Å². The molecule has 0 bridgehead atoms. The first-order valence-corrected chi connectivity index (χ1v) is 11.4. The van der Waals surface area contributed by atoms with Gasteiger partial charge in [0.1, 0.15) is 23.7 Å². The van der Waals surface area contributed by atoms with Gasteiger partial charge in [-0.3, -0.25) is 4.31 Å². The van der Waals surface area contributed by atoms with Gasteiger partial charge in [0.05, 0.1) is 18.2 Å². The predicted molar refractivity (Wildman–Crippen MR) is 116 cm³/mol. The predicted octanol–water partition coefficient (Wildman–Crippen LogP) is 3.96. The number of rotatable bonds is 5. The summed E-state index contributed by atoms with van der Waals surface area (Å²) < 4.78 is 52.0. The van der Waals surface area contributed by atoms with Crippen molar-refractivity contribution in [3.63, 3.8) is 0 Å². The molecule has 0 radical (unpaired) electrons. The highest BCUT2D eigenvalue weighted by Gasteiger charge is 2.56. The van der Waals surface area contributed by atoms with Gasteiger partial charge < -0.3 is 14.4 Å². The number of ether oxygens (including phenoxy) is 2. The molecule has 1 amide bonds. The van der Waals surface area contributed by atoms with E-state index < -0.39 is 27.5 Å². The van der Waals surface area contributed by atoms with Crippen molar-refractivity contribution in [3.05, 3.63) is 65.6 Å². The number of piperidine rings is 1. The number of carbonyl (C=O) groups is 1. The number of likely N-dealkylation sites (tertiary alicyclic amines) is 1. The fraction of sp³-hybridized carbons (Fsp3) is 0.409. The van der Waals surface area contributed by atoms with Crippen molar-refractivity contribution in [1.29, 1.82) is 0 Å².